The Morgan fingerprint density at radius 1 is 1.00 bits per heavy atom. The lowest BCUT2D eigenvalue weighted by molar-refractivity contribution is -0.132. The fourth-order valence-electron chi connectivity index (χ4n) is 3.89. The molecule has 0 atom stereocenters. The molecule has 4 heteroatoms. The van der Waals surface area contributed by atoms with Crippen LogP contribution in [0.15, 0.2) is 48.5 Å². The standard InChI is InChI=1S/C24H30N2O2/c1-2-18-6-8-21(9-7-18)23(27)10-11-24(28)26-14-12-20(13-15-26)22-5-3-4-19(16-22)17-25/h3-9,16,20H,2,10-15,17,25H2,1H3. The predicted molar refractivity (Wildman–Crippen MR) is 112 cm³/mol. The molecule has 1 heterocycles. The van der Waals surface area contributed by atoms with E-state index >= 15 is 0 Å². The van der Waals surface area contributed by atoms with Crippen molar-refractivity contribution >= 4 is 11.7 Å². The fourth-order valence-corrected chi connectivity index (χ4v) is 3.89. The molecule has 0 radical (unpaired) electrons. The molecule has 148 valence electrons. The molecule has 0 aromatic heterocycles. The van der Waals surface area contributed by atoms with Crippen molar-refractivity contribution in [3.63, 3.8) is 0 Å². The second kappa shape index (κ2) is 9.65. The number of amides is 1. The number of benzene rings is 2. The van der Waals surface area contributed by atoms with E-state index in [9.17, 15) is 9.59 Å². The average Bonchev–Trinajstić information content (AvgIpc) is 2.77. The summed E-state index contributed by atoms with van der Waals surface area (Å²) in [6, 6.07) is 16.2. The van der Waals surface area contributed by atoms with E-state index in [0.29, 0.717) is 24.4 Å². The smallest absolute Gasteiger partial charge is 0.223 e. The average molecular weight is 379 g/mol. The van der Waals surface area contributed by atoms with Crippen LogP contribution in [0.25, 0.3) is 0 Å². The molecule has 1 saturated heterocycles. The first-order valence-corrected chi connectivity index (χ1v) is 10.3. The first-order valence-electron chi connectivity index (χ1n) is 10.3. The first-order chi connectivity index (χ1) is 13.6. The minimum atomic E-state index is 0.0458. The lowest BCUT2D eigenvalue weighted by Gasteiger charge is -2.32. The summed E-state index contributed by atoms with van der Waals surface area (Å²) in [7, 11) is 0. The van der Waals surface area contributed by atoms with Gasteiger partial charge in [-0.05, 0) is 41.9 Å². The van der Waals surface area contributed by atoms with Crippen molar-refractivity contribution in [2.24, 2.45) is 5.73 Å². The number of Topliss-reactive ketones (excluding diaryl/α,β-unsaturated/α-hetero) is 1. The molecule has 1 aliphatic rings. The van der Waals surface area contributed by atoms with Crippen LogP contribution < -0.4 is 5.73 Å². The van der Waals surface area contributed by atoms with Crippen LogP contribution in [-0.4, -0.2) is 29.7 Å². The third-order valence-corrected chi connectivity index (χ3v) is 5.76. The Balaban J connectivity index is 1.47. The number of aryl methyl sites for hydroxylation is 1. The zero-order valence-corrected chi connectivity index (χ0v) is 16.7. The zero-order chi connectivity index (χ0) is 19.9. The second-order valence-corrected chi connectivity index (χ2v) is 7.58. The van der Waals surface area contributed by atoms with E-state index in [2.05, 4.69) is 31.2 Å². The number of carbonyl (C=O) groups excluding carboxylic acids is 2. The van der Waals surface area contributed by atoms with Crippen LogP contribution in [0.3, 0.4) is 0 Å². The molecular weight excluding hydrogens is 348 g/mol. The highest BCUT2D eigenvalue weighted by atomic mass is 16.2. The Labute approximate surface area is 167 Å². The first kappa shape index (κ1) is 20.3. The van der Waals surface area contributed by atoms with Crippen molar-refractivity contribution in [3.8, 4) is 0 Å². The summed E-state index contributed by atoms with van der Waals surface area (Å²) in [4.78, 5) is 26.8. The van der Waals surface area contributed by atoms with Gasteiger partial charge in [-0.1, -0.05) is 55.5 Å². The fraction of sp³-hybridized carbons (Fsp3) is 0.417. The van der Waals surface area contributed by atoms with Gasteiger partial charge in [0.25, 0.3) is 0 Å². The Morgan fingerprint density at radius 3 is 2.36 bits per heavy atom. The minimum absolute atomic E-state index is 0.0458. The highest BCUT2D eigenvalue weighted by Gasteiger charge is 2.24. The molecule has 0 spiro atoms. The van der Waals surface area contributed by atoms with E-state index < -0.39 is 0 Å². The van der Waals surface area contributed by atoms with Gasteiger partial charge in [-0.25, -0.2) is 0 Å². The molecule has 2 N–H and O–H groups in total. The van der Waals surface area contributed by atoms with Gasteiger partial charge < -0.3 is 10.6 Å². The van der Waals surface area contributed by atoms with Crippen molar-refractivity contribution < 1.29 is 9.59 Å². The monoisotopic (exact) mass is 378 g/mol. The third-order valence-electron chi connectivity index (χ3n) is 5.76. The molecule has 2 aromatic carbocycles. The van der Waals surface area contributed by atoms with Gasteiger partial charge in [-0.15, -0.1) is 0 Å². The van der Waals surface area contributed by atoms with Gasteiger partial charge in [0.05, 0.1) is 0 Å². The van der Waals surface area contributed by atoms with Gasteiger partial charge >= 0.3 is 0 Å². The molecule has 28 heavy (non-hydrogen) atoms. The second-order valence-electron chi connectivity index (χ2n) is 7.58. The summed E-state index contributed by atoms with van der Waals surface area (Å²) in [5.41, 5.74) is 10.1. The maximum atomic E-state index is 12.5. The number of nitrogens with zero attached hydrogens (tertiary/aromatic N) is 1. The Kier molecular flexibility index (Phi) is 6.99. The topological polar surface area (TPSA) is 63.4 Å². The van der Waals surface area contributed by atoms with Gasteiger partial charge in [-0.3, -0.25) is 9.59 Å². The van der Waals surface area contributed by atoms with Gasteiger partial charge in [0.15, 0.2) is 5.78 Å². The summed E-state index contributed by atoms with van der Waals surface area (Å²) in [6.07, 6.45) is 3.46. The van der Waals surface area contributed by atoms with E-state index in [-0.39, 0.29) is 18.1 Å². The molecule has 3 rings (SSSR count). The maximum Gasteiger partial charge on any atom is 0.223 e. The van der Waals surface area contributed by atoms with Crippen LogP contribution in [0.1, 0.15) is 65.6 Å². The van der Waals surface area contributed by atoms with E-state index in [4.69, 9.17) is 5.73 Å². The molecule has 1 aliphatic heterocycles. The molecule has 2 aromatic rings. The summed E-state index contributed by atoms with van der Waals surface area (Å²) >= 11 is 0. The maximum absolute atomic E-state index is 12.5. The van der Waals surface area contributed by atoms with E-state index in [1.54, 1.807) is 0 Å². The van der Waals surface area contributed by atoms with Crippen LogP contribution in [0.2, 0.25) is 0 Å². The molecule has 1 fully saturated rings. The number of ketones is 1. The SMILES string of the molecule is CCc1ccc(C(=O)CCC(=O)N2CCC(c3cccc(CN)c3)CC2)cc1. The molecular formula is C24H30N2O2. The van der Waals surface area contributed by atoms with E-state index in [1.165, 1.54) is 11.1 Å². The van der Waals surface area contributed by atoms with Gasteiger partial charge in [0.1, 0.15) is 0 Å². The molecule has 0 aliphatic carbocycles. The van der Waals surface area contributed by atoms with Crippen LogP contribution in [0.5, 0.6) is 0 Å². The largest absolute Gasteiger partial charge is 0.343 e. The lowest BCUT2D eigenvalue weighted by Crippen LogP contribution is -2.38. The van der Waals surface area contributed by atoms with Crippen molar-refractivity contribution in [3.05, 3.63) is 70.8 Å². The normalized spacial score (nSPS) is 14.9. The molecule has 1 amide bonds. The van der Waals surface area contributed by atoms with Crippen molar-refractivity contribution in [2.45, 2.75) is 51.5 Å². The highest BCUT2D eigenvalue weighted by Crippen LogP contribution is 2.29. The summed E-state index contributed by atoms with van der Waals surface area (Å²) in [5.74, 6) is 0.617. The number of hydrogen-bond acceptors (Lipinski definition) is 3. The zero-order valence-electron chi connectivity index (χ0n) is 16.7. The number of piperidine rings is 1. The number of nitrogens with two attached hydrogens (primary N) is 1. The third kappa shape index (κ3) is 5.08. The van der Waals surface area contributed by atoms with Crippen LogP contribution in [0.4, 0.5) is 0 Å². The summed E-state index contributed by atoms with van der Waals surface area (Å²) in [6.45, 7) is 4.17. The number of hydrogen-bond donors (Lipinski definition) is 1. The number of carbonyl (C=O) groups is 2. The van der Waals surface area contributed by atoms with Crippen LogP contribution in [-0.2, 0) is 17.8 Å². The predicted octanol–water partition coefficient (Wildman–Crippen LogP) is 4.08. The Hall–Kier alpha value is -2.46. The van der Waals surface area contributed by atoms with E-state index in [0.717, 1.165) is 37.9 Å². The molecule has 4 nitrogen and oxygen atoms in total. The van der Waals surface area contributed by atoms with E-state index in [1.807, 2.05) is 29.2 Å². The number of rotatable bonds is 7. The highest BCUT2D eigenvalue weighted by molar-refractivity contribution is 5.98. The number of likely N-dealkylation sites (tertiary alicyclic amines) is 1. The Bertz CT molecular complexity index is 806. The molecule has 0 unspecified atom stereocenters. The molecule has 0 saturated carbocycles. The van der Waals surface area contributed by atoms with Gasteiger partial charge in [-0.2, -0.15) is 0 Å². The Morgan fingerprint density at radius 2 is 1.71 bits per heavy atom. The lowest BCUT2D eigenvalue weighted by atomic mass is 9.88. The minimum Gasteiger partial charge on any atom is -0.343 e. The van der Waals surface area contributed by atoms with Crippen molar-refractivity contribution in [2.75, 3.05) is 13.1 Å². The summed E-state index contributed by atoms with van der Waals surface area (Å²) in [5, 5.41) is 0. The van der Waals surface area contributed by atoms with Crippen molar-refractivity contribution in [1.29, 1.82) is 0 Å². The quantitative estimate of drug-likeness (QED) is 0.739. The van der Waals surface area contributed by atoms with Crippen molar-refractivity contribution in [1.82, 2.24) is 4.90 Å². The molecule has 0 bridgehead atoms. The van der Waals surface area contributed by atoms with Gasteiger partial charge in [0.2, 0.25) is 5.91 Å². The summed E-state index contributed by atoms with van der Waals surface area (Å²) < 4.78 is 0. The van der Waals surface area contributed by atoms with Crippen LogP contribution in [0, 0.1) is 0 Å². The van der Waals surface area contributed by atoms with Gasteiger partial charge in [0, 0.05) is 38.0 Å². The van der Waals surface area contributed by atoms with Crippen LogP contribution >= 0.6 is 0 Å².